The number of aryl methyl sites for hydroxylation is 2. The Labute approximate surface area is 189 Å². The summed E-state index contributed by atoms with van der Waals surface area (Å²) in [6.45, 7) is 3.48. The van der Waals surface area contributed by atoms with E-state index in [9.17, 15) is 14.7 Å². The van der Waals surface area contributed by atoms with Gasteiger partial charge in [0.1, 0.15) is 18.0 Å². The lowest BCUT2D eigenvalue weighted by Gasteiger charge is -2.13. The van der Waals surface area contributed by atoms with Crippen LogP contribution in [-0.2, 0) is 11.3 Å². The van der Waals surface area contributed by atoms with E-state index in [4.69, 9.17) is 9.26 Å². The summed E-state index contributed by atoms with van der Waals surface area (Å²) < 4.78 is 10.8. The third-order valence-electron chi connectivity index (χ3n) is 4.99. The van der Waals surface area contributed by atoms with Crippen LogP contribution < -0.4 is 5.32 Å². The third kappa shape index (κ3) is 4.74. The number of carboxylic acid groups (broad SMARTS) is 1. The lowest BCUT2D eigenvalue weighted by Crippen LogP contribution is -2.15. The summed E-state index contributed by atoms with van der Waals surface area (Å²) in [6.07, 6.45) is -0.736. The van der Waals surface area contributed by atoms with Gasteiger partial charge >= 0.3 is 12.1 Å². The SMILES string of the molecule is Cc1cccc(COC(=O)Nc2c(C)noc2-c2c(C(=O)O)cccc2-c2ccccc2)n1. The van der Waals surface area contributed by atoms with Crippen molar-refractivity contribution in [1.82, 2.24) is 10.1 Å². The molecule has 0 saturated carbocycles. The minimum atomic E-state index is -1.13. The first-order chi connectivity index (χ1) is 15.9. The summed E-state index contributed by atoms with van der Waals surface area (Å²) >= 11 is 0. The first-order valence-electron chi connectivity index (χ1n) is 10.2. The highest BCUT2D eigenvalue weighted by Gasteiger charge is 2.26. The minimum absolute atomic E-state index is 0.0197. The summed E-state index contributed by atoms with van der Waals surface area (Å²) in [4.78, 5) is 28.9. The highest BCUT2D eigenvalue weighted by atomic mass is 16.5. The molecule has 2 aromatic heterocycles. The van der Waals surface area contributed by atoms with Gasteiger partial charge in [0.05, 0.1) is 11.3 Å². The number of carbonyl (C=O) groups is 2. The standard InChI is InChI=1S/C25H21N3O5/c1-15-8-6-11-18(26-15)14-32-25(31)27-22-16(2)28-33-23(22)21-19(17-9-4-3-5-10-17)12-7-13-20(21)24(29)30/h3-13H,14H2,1-2H3,(H,27,31)(H,29,30). The first kappa shape index (κ1) is 21.8. The van der Waals surface area contributed by atoms with Crippen molar-refractivity contribution >= 4 is 17.7 Å². The number of ether oxygens (including phenoxy) is 1. The van der Waals surface area contributed by atoms with Gasteiger partial charge in [0.2, 0.25) is 0 Å². The Balaban J connectivity index is 1.69. The van der Waals surface area contributed by atoms with Crippen molar-refractivity contribution in [2.75, 3.05) is 5.32 Å². The molecule has 4 aromatic rings. The van der Waals surface area contributed by atoms with Crippen LogP contribution in [0.2, 0.25) is 0 Å². The predicted octanol–water partition coefficient (Wildman–Crippen LogP) is 5.47. The number of aromatic carboxylic acids is 1. The summed E-state index contributed by atoms with van der Waals surface area (Å²) in [5, 5.41) is 16.4. The minimum Gasteiger partial charge on any atom is -0.478 e. The average molecular weight is 443 g/mol. The van der Waals surface area contributed by atoms with E-state index in [-0.39, 0.29) is 23.6 Å². The Morgan fingerprint density at radius 1 is 1.00 bits per heavy atom. The molecule has 0 bridgehead atoms. The van der Waals surface area contributed by atoms with Gasteiger partial charge in [-0.05, 0) is 43.2 Å². The number of nitrogens with zero attached hydrogens (tertiary/aromatic N) is 2. The maximum atomic E-state index is 12.5. The molecule has 0 aliphatic rings. The van der Waals surface area contributed by atoms with Crippen LogP contribution in [0, 0.1) is 13.8 Å². The van der Waals surface area contributed by atoms with Gasteiger partial charge in [0.15, 0.2) is 5.76 Å². The number of carboxylic acids is 1. The fourth-order valence-electron chi connectivity index (χ4n) is 3.48. The molecule has 0 aliphatic heterocycles. The summed E-state index contributed by atoms with van der Waals surface area (Å²) in [5.74, 6) is -0.995. The number of anilines is 1. The summed E-state index contributed by atoms with van der Waals surface area (Å²) in [5.41, 5.74) is 3.80. The Kier molecular flexibility index (Phi) is 6.17. The van der Waals surface area contributed by atoms with Gasteiger partial charge < -0.3 is 14.4 Å². The summed E-state index contributed by atoms with van der Waals surface area (Å²) in [7, 11) is 0. The second kappa shape index (κ2) is 9.35. The number of amides is 1. The fraction of sp³-hybridized carbons (Fsp3) is 0.120. The first-order valence-corrected chi connectivity index (χ1v) is 10.2. The predicted molar refractivity (Wildman–Crippen MR) is 122 cm³/mol. The molecule has 1 amide bonds. The van der Waals surface area contributed by atoms with Crippen LogP contribution in [0.3, 0.4) is 0 Å². The number of aromatic nitrogens is 2. The molecule has 33 heavy (non-hydrogen) atoms. The van der Waals surface area contributed by atoms with Crippen molar-refractivity contribution in [2.24, 2.45) is 0 Å². The number of carbonyl (C=O) groups excluding carboxylic acids is 1. The second-order valence-electron chi connectivity index (χ2n) is 7.34. The number of pyridine rings is 1. The number of hydrogen-bond acceptors (Lipinski definition) is 6. The number of rotatable bonds is 6. The normalized spacial score (nSPS) is 10.6. The zero-order valence-corrected chi connectivity index (χ0v) is 18.0. The van der Waals surface area contributed by atoms with Crippen molar-refractivity contribution in [2.45, 2.75) is 20.5 Å². The quantitative estimate of drug-likeness (QED) is 0.406. The molecule has 0 unspecified atom stereocenters. The fourth-order valence-corrected chi connectivity index (χ4v) is 3.48. The molecule has 0 atom stereocenters. The topological polar surface area (TPSA) is 115 Å². The highest BCUT2D eigenvalue weighted by Crippen LogP contribution is 2.40. The molecule has 8 nitrogen and oxygen atoms in total. The Morgan fingerprint density at radius 2 is 1.76 bits per heavy atom. The van der Waals surface area contributed by atoms with E-state index in [1.165, 1.54) is 6.07 Å². The number of hydrogen-bond donors (Lipinski definition) is 2. The van der Waals surface area contributed by atoms with Crippen molar-refractivity contribution in [3.63, 3.8) is 0 Å². The van der Waals surface area contributed by atoms with Crippen molar-refractivity contribution in [1.29, 1.82) is 0 Å². The molecule has 0 radical (unpaired) electrons. The summed E-state index contributed by atoms with van der Waals surface area (Å²) in [6, 6.07) is 19.7. The van der Waals surface area contributed by atoms with E-state index in [0.29, 0.717) is 22.5 Å². The van der Waals surface area contributed by atoms with Crippen LogP contribution in [0.25, 0.3) is 22.5 Å². The Morgan fingerprint density at radius 3 is 2.48 bits per heavy atom. The molecule has 0 saturated heterocycles. The molecule has 0 aliphatic carbocycles. The van der Waals surface area contributed by atoms with Gasteiger partial charge in [-0.1, -0.05) is 53.7 Å². The van der Waals surface area contributed by atoms with Gasteiger partial charge in [-0.25, -0.2) is 9.59 Å². The van der Waals surface area contributed by atoms with Crippen molar-refractivity contribution < 1.29 is 24.0 Å². The molecule has 2 aromatic carbocycles. The zero-order valence-electron chi connectivity index (χ0n) is 18.0. The smallest absolute Gasteiger partial charge is 0.412 e. The molecule has 0 fully saturated rings. The van der Waals surface area contributed by atoms with Crippen LogP contribution in [-0.4, -0.2) is 27.3 Å². The van der Waals surface area contributed by atoms with E-state index >= 15 is 0 Å². The largest absolute Gasteiger partial charge is 0.478 e. The molecule has 8 heteroatoms. The number of benzene rings is 2. The van der Waals surface area contributed by atoms with E-state index in [1.54, 1.807) is 25.1 Å². The van der Waals surface area contributed by atoms with Crippen molar-refractivity contribution in [3.8, 4) is 22.5 Å². The van der Waals surface area contributed by atoms with E-state index < -0.39 is 12.1 Å². The molecule has 4 rings (SSSR count). The lowest BCUT2D eigenvalue weighted by atomic mass is 9.93. The Bertz CT molecular complexity index is 1310. The zero-order chi connectivity index (χ0) is 23.4. The highest BCUT2D eigenvalue weighted by molar-refractivity contribution is 6.03. The van der Waals surface area contributed by atoms with E-state index in [0.717, 1.165) is 11.3 Å². The maximum Gasteiger partial charge on any atom is 0.412 e. The van der Waals surface area contributed by atoms with Crippen LogP contribution in [0.5, 0.6) is 0 Å². The van der Waals surface area contributed by atoms with Gasteiger partial charge in [-0.3, -0.25) is 10.3 Å². The average Bonchev–Trinajstić information content (AvgIpc) is 3.17. The molecule has 2 heterocycles. The van der Waals surface area contributed by atoms with Crippen LogP contribution in [0.4, 0.5) is 10.5 Å². The van der Waals surface area contributed by atoms with E-state index in [1.807, 2.05) is 49.4 Å². The number of nitrogens with one attached hydrogen (secondary N) is 1. The van der Waals surface area contributed by atoms with Crippen LogP contribution >= 0.6 is 0 Å². The Hall–Kier alpha value is -4.46. The van der Waals surface area contributed by atoms with Gasteiger partial charge in [-0.2, -0.15) is 0 Å². The molecule has 166 valence electrons. The molecular formula is C25H21N3O5. The third-order valence-corrected chi connectivity index (χ3v) is 4.99. The van der Waals surface area contributed by atoms with Crippen LogP contribution in [0.1, 0.15) is 27.4 Å². The van der Waals surface area contributed by atoms with Crippen molar-refractivity contribution in [3.05, 3.63) is 89.4 Å². The van der Waals surface area contributed by atoms with Crippen LogP contribution in [0.15, 0.2) is 71.3 Å². The van der Waals surface area contributed by atoms with E-state index in [2.05, 4.69) is 15.5 Å². The second-order valence-corrected chi connectivity index (χ2v) is 7.34. The maximum absolute atomic E-state index is 12.5. The lowest BCUT2D eigenvalue weighted by molar-refractivity contribution is 0.0697. The van der Waals surface area contributed by atoms with Gasteiger partial charge in [0.25, 0.3) is 0 Å². The molecule has 0 spiro atoms. The monoisotopic (exact) mass is 443 g/mol. The molecule has 2 N–H and O–H groups in total. The van der Waals surface area contributed by atoms with Gasteiger partial charge in [-0.15, -0.1) is 0 Å². The molecular weight excluding hydrogens is 422 g/mol. The van der Waals surface area contributed by atoms with Gasteiger partial charge in [0, 0.05) is 11.3 Å².